The molecule has 0 amide bonds. The van der Waals surface area contributed by atoms with Crippen molar-refractivity contribution in [1.82, 2.24) is 19.6 Å². The summed E-state index contributed by atoms with van der Waals surface area (Å²) in [4.78, 5) is 11.8. The van der Waals surface area contributed by atoms with Gasteiger partial charge in [0.05, 0.1) is 14.3 Å². The minimum absolute atomic E-state index is 0.0112. The lowest BCUT2D eigenvalue weighted by Crippen LogP contribution is -2.42. The maximum atomic E-state index is 14.8. The van der Waals surface area contributed by atoms with E-state index in [1.165, 1.54) is 10.5 Å². The zero-order chi connectivity index (χ0) is 25.9. The third kappa shape index (κ3) is 6.01. The van der Waals surface area contributed by atoms with Gasteiger partial charge in [0.1, 0.15) is 11.5 Å². The molecule has 1 aromatic carbocycles. The van der Waals surface area contributed by atoms with Crippen LogP contribution in [0.2, 0.25) is 5.02 Å². The fourth-order valence-electron chi connectivity index (χ4n) is 4.21. The number of benzene rings is 1. The van der Waals surface area contributed by atoms with Gasteiger partial charge in [-0.2, -0.15) is 4.31 Å². The molecule has 0 radical (unpaired) electrons. The Morgan fingerprint density at radius 2 is 2.22 bits per heavy atom. The number of aliphatic imine (C=N–C) groups is 1. The molecule has 3 aromatic rings. The maximum absolute atomic E-state index is 14.8. The molecule has 12 heteroatoms. The lowest BCUT2D eigenvalue weighted by molar-refractivity contribution is 0.263. The van der Waals surface area contributed by atoms with Gasteiger partial charge in [-0.1, -0.05) is 46.3 Å². The van der Waals surface area contributed by atoms with E-state index in [2.05, 4.69) is 20.3 Å². The van der Waals surface area contributed by atoms with Crippen molar-refractivity contribution in [3.63, 3.8) is 0 Å². The van der Waals surface area contributed by atoms with E-state index in [9.17, 15) is 12.8 Å². The average Bonchev–Trinajstić information content (AvgIpc) is 3.29. The number of hydrogen-bond donors (Lipinski definition) is 3. The highest BCUT2D eigenvalue weighted by Crippen LogP contribution is 2.25. The quantitative estimate of drug-likeness (QED) is 0.145. The number of aromatic amines is 1. The van der Waals surface area contributed by atoms with Crippen LogP contribution in [0.3, 0.4) is 0 Å². The summed E-state index contributed by atoms with van der Waals surface area (Å²) in [6, 6.07) is 8.62. The first-order valence-electron chi connectivity index (χ1n) is 11.4. The molecule has 4 N–H and O–H groups in total. The monoisotopic (exact) mass is 644 g/mol. The van der Waals surface area contributed by atoms with E-state index in [-0.39, 0.29) is 22.0 Å². The van der Waals surface area contributed by atoms with Crippen LogP contribution in [-0.4, -0.2) is 52.6 Å². The highest BCUT2D eigenvalue weighted by atomic mass is 127. The number of rotatable bonds is 8. The zero-order valence-corrected chi connectivity index (χ0v) is 23.4. The Morgan fingerprint density at radius 3 is 2.97 bits per heavy atom. The van der Waals surface area contributed by atoms with Crippen molar-refractivity contribution in [2.45, 2.75) is 24.7 Å². The Kier molecular flexibility index (Phi) is 8.53. The summed E-state index contributed by atoms with van der Waals surface area (Å²) >= 11 is 7.99. The first kappa shape index (κ1) is 26.8. The van der Waals surface area contributed by atoms with E-state index < -0.39 is 15.9 Å². The van der Waals surface area contributed by atoms with Crippen LogP contribution in [0, 0.1) is 12.8 Å². The van der Waals surface area contributed by atoms with Crippen LogP contribution in [0.1, 0.15) is 24.0 Å². The van der Waals surface area contributed by atoms with Crippen molar-refractivity contribution in [1.29, 1.82) is 0 Å². The minimum atomic E-state index is -3.60. The Hall–Kier alpha value is -2.22. The zero-order valence-electron chi connectivity index (χ0n) is 19.6. The molecular formula is C24H27ClFIN6O2S. The van der Waals surface area contributed by atoms with E-state index in [1.807, 2.05) is 35.6 Å². The van der Waals surface area contributed by atoms with Gasteiger partial charge in [0.15, 0.2) is 11.6 Å². The van der Waals surface area contributed by atoms with Gasteiger partial charge in [-0.25, -0.2) is 22.8 Å². The third-order valence-electron chi connectivity index (χ3n) is 6.05. The van der Waals surface area contributed by atoms with Crippen LogP contribution >= 0.6 is 34.2 Å². The summed E-state index contributed by atoms with van der Waals surface area (Å²) < 4.78 is 42.7. The number of sulfonamides is 1. The summed E-state index contributed by atoms with van der Waals surface area (Å²) in [7, 11) is -3.60. The number of H-pyrrole nitrogens is 1. The molecule has 1 aliphatic heterocycles. The first-order valence-corrected chi connectivity index (χ1v) is 14.8. The van der Waals surface area contributed by atoms with Gasteiger partial charge in [0, 0.05) is 43.0 Å². The van der Waals surface area contributed by atoms with Gasteiger partial charge in [0.2, 0.25) is 10.0 Å². The Morgan fingerprint density at radius 1 is 1.42 bits per heavy atom. The van der Waals surface area contributed by atoms with Crippen LogP contribution in [-0.2, 0) is 10.0 Å². The number of aromatic nitrogens is 2. The number of halogens is 3. The van der Waals surface area contributed by atoms with Crippen LogP contribution < -0.4 is 11.1 Å². The van der Waals surface area contributed by atoms with Crippen LogP contribution in [0.5, 0.6) is 0 Å². The van der Waals surface area contributed by atoms with E-state index in [1.54, 1.807) is 30.5 Å². The van der Waals surface area contributed by atoms with Gasteiger partial charge < -0.3 is 16.0 Å². The smallest absolute Gasteiger partial charge is 0.243 e. The highest BCUT2D eigenvalue weighted by molar-refractivity contribution is 14.1. The molecule has 192 valence electrons. The predicted molar refractivity (Wildman–Crippen MR) is 150 cm³/mol. The second-order valence-corrected chi connectivity index (χ2v) is 11.8. The summed E-state index contributed by atoms with van der Waals surface area (Å²) in [5.41, 5.74) is 8.29. The molecule has 1 fully saturated rings. The molecule has 0 aliphatic carbocycles. The van der Waals surface area contributed by atoms with Gasteiger partial charge in [-0.05, 0) is 49.4 Å². The molecule has 1 saturated heterocycles. The number of pyridine rings is 1. The Bertz CT molecular complexity index is 1420. The fourth-order valence-corrected chi connectivity index (χ4v) is 6.39. The minimum Gasteiger partial charge on any atom is -0.383 e. The number of amidine groups is 1. The normalized spacial score (nSPS) is 18.3. The summed E-state index contributed by atoms with van der Waals surface area (Å²) in [5, 5.41) is 4.20. The predicted octanol–water partition coefficient (Wildman–Crippen LogP) is 4.49. The summed E-state index contributed by atoms with van der Waals surface area (Å²) in [5.74, 6) is -0.317. The number of nitrogens with one attached hydrogen (secondary N) is 2. The van der Waals surface area contributed by atoms with Crippen molar-refractivity contribution in [2.75, 3.05) is 24.1 Å². The molecule has 0 bridgehead atoms. The van der Waals surface area contributed by atoms with Crippen molar-refractivity contribution in [3.8, 4) is 0 Å². The number of aryl methyl sites for hydroxylation is 1. The molecular weight excluding hydrogens is 618 g/mol. The molecule has 3 heterocycles. The molecule has 8 nitrogen and oxygen atoms in total. The van der Waals surface area contributed by atoms with Crippen molar-refractivity contribution < 1.29 is 12.8 Å². The third-order valence-corrected chi connectivity index (χ3v) is 8.78. The maximum Gasteiger partial charge on any atom is 0.243 e. The number of piperidine rings is 1. The molecule has 1 atom stereocenters. The van der Waals surface area contributed by atoms with Crippen LogP contribution in [0.4, 0.5) is 4.39 Å². The van der Waals surface area contributed by atoms with Crippen molar-refractivity contribution in [3.05, 3.63) is 70.5 Å². The number of allylic oxidation sites excluding steroid dienone is 1. The average molecular weight is 645 g/mol. The van der Waals surface area contributed by atoms with Crippen molar-refractivity contribution in [2.24, 2.45) is 16.6 Å². The Balaban J connectivity index is 1.50. The molecule has 1 unspecified atom stereocenters. The number of fused-ring (bicyclic) bond motifs is 1. The standard InChI is InChI=1S/C24H27ClFIN6O2S/c1-15-4-2-6-18(8-15)36(34,35)33-7-3-5-16(14-33)11-29-24(21(26)10-27)32-22(28)20-13-31-23-19(20)9-17(25)12-30-23/h2,4,6,8-9,12-13,16,29H,3,5,7,10-11,14H2,1H3,(H2,28,32)(H,30,31)/b24-21+. The number of hydrogen-bond acceptors (Lipinski definition) is 5. The van der Waals surface area contributed by atoms with E-state index in [0.717, 1.165) is 18.4 Å². The largest absolute Gasteiger partial charge is 0.383 e. The van der Waals surface area contributed by atoms with E-state index in [0.29, 0.717) is 46.1 Å². The highest BCUT2D eigenvalue weighted by Gasteiger charge is 2.30. The van der Waals surface area contributed by atoms with Crippen LogP contribution in [0.25, 0.3) is 11.0 Å². The van der Waals surface area contributed by atoms with E-state index in [4.69, 9.17) is 17.3 Å². The molecule has 1 aliphatic rings. The van der Waals surface area contributed by atoms with Crippen LogP contribution in [0.15, 0.2) is 64.3 Å². The van der Waals surface area contributed by atoms with E-state index >= 15 is 0 Å². The topological polar surface area (TPSA) is 116 Å². The number of nitrogens with two attached hydrogens (primary N) is 1. The van der Waals surface area contributed by atoms with Gasteiger partial charge in [-0.3, -0.25) is 0 Å². The second kappa shape index (κ2) is 11.4. The molecule has 0 spiro atoms. The fraction of sp³-hybridized carbons (Fsp3) is 0.333. The first-order chi connectivity index (χ1) is 17.2. The molecule has 0 saturated carbocycles. The molecule has 4 rings (SSSR count). The summed E-state index contributed by atoms with van der Waals surface area (Å²) in [6.45, 7) is 3.02. The second-order valence-electron chi connectivity index (χ2n) is 8.70. The number of nitrogens with zero attached hydrogens (tertiary/aromatic N) is 3. The lowest BCUT2D eigenvalue weighted by atomic mass is 10.00. The van der Waals surface area contributed by atoms with Gasteiger partial charge in [-0.15, -0.1) is 0 Å². The van der Waals surface area contributed by atoms with Gasteiger partial charge >= 0.3 is 0 Å². The van der Waals surface area contributed by atoms with Gasteiger partial charge in [0.25, 0.3) is 0 Å². The summed E-state index contributed by atoms with van der Waals surface area (Å²) in [6.07, 6.45) is 4.71. The van der Waals surface area contributed by atoms with Crippen molar-refractivity contribution >= 4 is 61.1 Å². The molecule has 36 heavy (non-hydrogen) atoms. The molecule has 2 aromatic heterocycles. The Labute approximate surface area is 228 Å². The lowest BCUT2D eigenvalue weighted by Gasteiger charge is -2.32. The SMILES string of the molecule is Cc1cccc(S(=O)(=O)N2CCCC(CNC(/N=C(\N)c3c[nH]c4ncc(Cl)cc34)=C(\F)CI)C2)c1. The number of alkyl halides is 1.